The van der Waals surface area contributed by atoms with Crippen LogP contribution >= 0.6 is 23.1 Å². The summed E-state index contributed by atoms with van der Waals surface area (Å²) in [5.74, 6) is -4.01. The lowest BCUT2D eigenvalue weighted by Gasteiger charge is -2.43. The van der Waals surface area contributed by atoms with Gasteiger partial charge < -0.3 is 34.5 Å². The van der Waals surface area contributed by atoms with Crippen molar-refractivity contribution in [2.24, 2.45) is 5.41 Å². The molecule has 402 valence electrons. The van der Waals surface area contributed by atoms with Crippen LogP contribution in [0.4, 0.5) is 42.0 Å². The van der Waals surface area contributed by atoms with Crippen LogP contribution in [0.1, 0.15) is 95.5 Å². The number of anilines is 5. The molecule has 3 aromatic carbocycles. The molecular weight excluding hydrogens is 1050 g/mol. The molecule has 3 saturated heterocycles. The first-order chi connectivity index (χ1) is 35.7. The minimum atomic E-state index is -2.95. The third-order valence-electron chi connectivity index (χ3n) is 14.3. The summed E-state index contributed by atoms with van der Waals surface area (Å²) < 4.78 is 72.7. The van der Waals surface area contributed by atoms with E-state index in [4.69, 9.17) is 14.5 Å². The Morgan fingerprint density at radius 3 is 2.21 bits per heavy atom. The molecule has 2 aromatic heterocycles. The standard InChI is InChI=1S/C55H68BrF3N9O6P/c1-9-34-28-43(63-54-60-31-39(56)51(64-54)62-44-29-42(59)49-38(50(44)75(7,8)72)13-12-35(10-2)61-49)46(73-11-3)30-45(34)67-20-17-36(18-21-67)66-24-22-65(23-25-66)19-16-33-26-40(57)48(41(58)27-33)37-14-15-47(69)68(52(37)70)32-74-53(71)55(4,5)6/h12-13,26-31,36-37H,9-11,14-25,32H2,1-8H3,(H2,60,62,63,64). The van der Waals surface area contributed by atoms with Crippen LogP contribution in [-0.2, 0) is 42.9 Å². The highest BCUT2D eigenvalue weighted by Gasteiger charge is 2.40. The number of imide groups is 1. The molecule has 20 heteroatoms. The third kappa shape index (κ3) is 12.6. The van der Waals surface area contributed by atoms with Crippen molar-refractivity contribution in [1.82, 2.24) is 29.7 Å². The number of halogens is 4. The molecule has 1 atom stereocenters. The van der Waals surface area contributed by atoms with Gasteiger partial charge in [0.05, 0.1) is 33.8 Å². The number of benzene rings is 3. The summed E-state index contributed by atoms with van der Waals surface area (Å²) in [6.07, 6.45) is 5.29. The van der Waals surface area contributed by atoms with Crippen molar-refractivity contribution in [3.05, 3.63) is 93.0 Å². The van der Waals surface area contributed by atoms with Gasteiger partial charge in [0.15, 0.2) is 12.5 Å². The second-order valence-corrected chi connectivity index (χ2v) is 24.9. The summed E-state index contributed by atoms with van der Waals surface area (Å²) in [5, 5.41) is 7.60. The van der Waals surface area contributed by atoms with E-state index < -0.39 is 60.4 Å². The summed E-state index contributed by atoms with van der Waals surface area (Å²) in [6.45, 7) is 19.9. The maximum Gasteiger partial charge on any atom is 0.312 e. The number of ether oxygens (including phenoxy) is 2. The topological polar surface area (TPSA) is 162 Å². The maximum absolute atomic E-state index is 15.7. The van der Waals surface area contributed by atoms with E-state index >= 15 is 13.2 Å². The van der Waals surface area contributed by atoms with Crippen LogP contribution in [0.3, 0.4) is 0 Å². The van der Waals surface area contributed by atoms with Gasteiger partial charge in [-0.25, -0.2) is 28.0 Å². The molecule has 0 aliphatic carbocycles. The molecule has 3 aliphatic heterocycles. The smallest absolute Gasteiger partial charge is 0.312 e. The first kappa shape index (κ1) is 55.6. The van der Waals surface area contributed by atoms with Crippen molar-refractivity contribution >= 4 is 85.9 Å². The van der Waals surface area contributed by atoms with Crippen LogP contribution in [0.15, 0.2) is 53.1 Å². The number of aromatic nitrogens is 3. The van der Waals surface area contributed by atoms with Gasteiger partial charge in [-0.15, -0.1) is 0 Å². The largest absolute Gasteiger partial charge is 0.492 e. The molecule has 0 radical (unpaired) electrons. The summed E-state index contributed by atoms with van der Waals surface area (Å²) in [5.41, 5.74) is 3.50. The lowest BCUT2D eigenvalue weighted by atomic mass is 9.88. The number of esters is 1. The molecule has 5 heterocycles. The van der Waals surface area contributed by atoms with E-state index in [1.165, 1.54) is 18.2 Å². The lowest BCUT2D eigenvalue weighted by Crippen LogP contribution is -2.53. The van der Waals surface area contributed by atoms with Crippen molar-refractivity contribution in [1.29, 1.82) is 0 Å². The summed E-state index contributed by atoms with van der Waals surface area (Å²) >= 11 is 3.56. The Hall–Kier alpha value is -5.62. The number of piperidine rings is 2. The number of likely N-dealkylation sites (tertiary alicyclic amines) is 1. The SMILES string of the molecule is CCOc1cc(N2CCC(N3CCN(CCc4cc(F)c(C5CCC(=O)N(COC(=O)C(C)(C)C)C5=O)c(F)c4)CC3)CC2)c(CC)cc1Nc1ncc(Br)c(Nc2cc(F)c3nc(CC)ccc3c2P(C)(C)=O)n1. The Bertz CT molecular complexity index is 2990. The molecule has 0 saturated carbocycles. The van der Waals surface area contributed by atoms with Crippen LogP contribution in [0.5, 0.6) is 5.75 Å². The van der Waals surface area contributed by atoms with Crippen molar-refractivity contribution in [2.45, 2.75) is 98.4 Å². The van der Waals surface area contributed by atoms with Gasteiger partial charge in [0, 0.05) is 104 Å². The summed E-state index contributed by atoms with van der Waals surface area (Å²) in [4.78, 5) is 60.1. The van der Waals surface area contributed by atoms with Gasteiger partial charge in [-0.2, -0.15) is 4.98 Å². The van der Waals surface area contributed by atoms with E-state index in [9.17, 15) is 18.9 Å². The van der Waals surface area contributed by atoms with Gasteiger partial charge in [-0.3, -0.25) is 19.3 Å². The Kier molecular flexibility index (Phi) is 17.3. The first-order valence-corrected chi connectivity index (χ1v) is 29.3. The van der Waals surface area contributed by atoms with Gasteiger partial charge in [0.1, 0.15) is 35.9 Å². The minimum Gasteiger partial charge on any atom is -0.492 e. The average Bonchev–Trinajstić information content (AvgIpc) is 3.37. The zero-order valence-electron chi connectivity index (χ0n) is 44.1. The average molecular weight is 1120 g/mol. The Morgan fingerprint density at radius 2 is 1.57 bits per heavy atom. The monoisotopic (exact) mass is 1120 g/mol. The quantitative estimate of drug-likeness (QED) is 0.0514. The molecule has 3 fully saturated rings. The number of hydrogen-bond donors (Lipinski definition) is 2. The molecular formula is C55H68BrF3N9O6P. The highest BCUT2D eigenvalue weighted by atomic mass is 79.9. The predicted octanol–water partition coefficient (Wildman–Crippen LogP) is 10.1. The Morgan fingerprint density at radius 1 is 0.867 bits per heavy atom. The van der Waals surface area contributed by atoms with Crippen LogP contribution in [0.2, 0.25) is 0 Å². The van der Waals surface area contributed by atoms with Gasteiger partial charge >= 0.3 is 5.97 Å². The number of carbonyl (C=O) groups excluding carboxylic acids is 3. The number of aryl methyl sites for hydroxylation is 2. The van der Waals surface area contributed by atoms with Crippen molar-refractivity contribution in [2.75, 3.05) is 88.0 Å². The third-order valence-corrected chi connectivity index (χ3v) is 16.5. The highest BCUT2D eigenvalue weighted by molar-refractivity contribution is 9.10. The van der Waals surface area contributed by atoms with Gasteiger partial charge in [0.2, 0.25) is 17.8 Å². The van der Waals surface area contributed by atoms with Crippen molar-refractivity contribution in [3.8, 4) is 5.75 Å². The maximum atomic E-state index is 15.7. The molecule has 8 rings (SSSR count). The molecule has 0 bridgehead atoms. The predicted molar refractivity (Wildman–Crippen MR) is 291 cm³/mol. The van der Waals surface area contributed by atoms with E-state index in [0.29, 0.717) is 75.7 Å². The van der Waals surface area contributed by atoms with Crippen molar-refractivity contribution in [3.63, 3.8) is 0 Å². The fourth-order valence-electron chi connectivity index (χ4n) is 10.3. The zero-order chi connectivity index (χ0) is 53.9. The lowest BCUT2D eigenvalue weighted by molar-refractivity contribution is -0.167. The highest BCUT2D eigenvalue weighted by Crippen LogP contribution is 2.43. The Labute approximate surface area is 445 Å². The minimum absolute atomic E-state index is 0.0334. The summed E-state index contributed by atoms with van der Waals surface area (Å²) in [6, 6.07) is 12.1. The van der Waals surface area contributed by atoms with Crippen LogP contribution < -0.4 is 25.6 Å². The van der Waals surface area contributed by atoms with E-state index in [1.807, 2.05) is 19.9 Å². The number of nitrogens with zero attached hydrogens (tertiary/aromatic N) is 7. The number of piperazine rings is 1. The first-order valence-electron chi connectivity index (χ1n) is 25.9. The number of hydrogen-bond acceptors (Lipinski definition) is 14. The number of fused-ring (bicyclic) bond motifs is 1. The van der Waals surface area contributed by atoms with E-state index in [2.05, 4.69) is 70.3 Å². The molecule has 0 spiro atoms. The van der Waals surface area contributed by atoms with Crippen LogP contribution in [0, 0.1) is 22.9 Å². The van der Waals surface area contributed by atoms with E-state index in [0.717, 1.165) is 80.4 Å². The molecule has 3 aliphatic rings. The molecule has 1 unspecified atom stereocenters. The number of rotatable bonds is 17. The molecule has 5 aromatic rings. The van der Waals surface area contributed by atoms with E-state index in [1.54, 1.807) is 46.4 Å². The number of carbonyl (C=O) groups is 3. The second-order valence-electron chi connectivity index (χ2n) is 20.9. The Balaban J connectivity index is 0.865. The summed E-state index contributed by atoms with van der Waals surface area (Å²) in [7, 11) is -2.95. The molecule has 15 nitrogen and oxygen atoms in total. The van der Waals surface area contributed by atoms with Gasteiger partial charge in [-0.1, -0.05) is 19.9 Å². The van der Waals surface area contributed by atoms with E-state index in [-0.39, 0.29) is 29.9 Å². The van der Waals surface area contributed by atoms with Gasteiger partial charge in [-0.05, 0) is 131 Å². The number of nitrogens with one attached hydrogen (secondary N) is 2. The van der Waals surface area contributed by atoms with Crippen molar-refractivity contribution < 1.29 is 41.6 Å². The number of pyridine rings is 1. The molecule has 2 N–H and O–H groups in total. The number of amides is 2. The fourth-order valence-corrected chi connectivity index (χ4v) is 12.0. The molecule has 75 heavy (non-hydrogen) atoms. The fraction of sp³-hybridized carbons (Fsp3) is 0.491. The normalized spacial score (nSPS) is 17.5. The van der Waals surface area contributed by atoms with Gasteiger partial charge in [0.25, 0.3) is 0 Å². The second kappa shape index (κ2) is 23.3. The zero-order valence-corrected chi connectivity index (χ0v) is 46.6. The molecule has 2 amide bonds. The van der Waals surface area contributed by atoms with Crippen LogP contribution in [-0.4, -0.2) is 126 Å². The van der Waals surface area contributed by atoms with Crippen LogP contribution in [0.25, 0.3) is 10.9 Å².